The Morgan fingerprint density at radius 1 is 1.04 bits per heavy atom. The molecule has 0 fully saturated rings. The number of aromatic carboxylic acids is 1. The van der Waals surface area contributed by atoms with Gasteiger partial charge in [-0.05, 0) is 30.7 Å². The number of thiophene rings is 1. The third-order valence-electron chi connectivity index (χ3n) is 3.75. The fourth-order valence-electron chi connectivity index (χ4n) is 2.41. The van der Waals surface area contributed by atoms with Crippen LogP contribution in [0.1, 0.15) is 26.3 Å². The van der Waals surface area contributed by atoms with Crippen molar-refractivity contribution in [2.24, 2.45) is 0 Å². The van der Waals surface area contributed by atoms with Crippen molar-refractivity contribution in [1.82, 2.24) is 0 Å². The smallest absolute Gasteiger partial charge is 0.339 e. The highest BCUT2D eigenvalue weighted by Gasteiger charge is 2.21. The van der Waals surface area contributed by atoms with E-state index >= 15 is 0 Å². The molecule has 7 heteroatoms. The van der Waals surface area contributed by atoms with Crippen molar-refractivity contribution in [3.63, 3.8) is 0 Å². The molecule has 0 aliphatic rings. The first-order valence-corrected chi connectivity index (χ1v) is 9.18. The standard InChI is InChI=1S/C19H13Cl2NO3S/c1-10-2-4-11(5-3-10)17-16(19(24)25)15(9-26-17)22-18(23)12-6-7-13(20)14(21)8-12/h2-9H,1H3,(H,22,23)(H,24,25). The number of hydrogen-bond donors (Lipinski definition) is 2. The molecule has 2 aromatic carbocycles. The van der Waals surface area contributed by atoms with E-state index in [1.807, 2.05) is 31.2 Å². The van der Waals surface area contributed by atoms with Crippen LogP contribution in [0.25, 0.3) is 10.4 Å². The first kappa shape index (κ1) is 18.5. The fourth-order valence-corrected chi connectivity index (χ4v) is 3.71. The van der Waals surface area contributed by atoms with Gasteiger partial charge in [-0.1, -0.05) is 53.0 Å². The van der Waals surface area contributed by atoms with Gasteiger partial charge >= 0.3 is 5.97 Å². The number of carboxylic acids is 1. The summed E-state index contributed by atoms with van der Waals surface area (Å²) in [5.41, 5.74) is 2.46. The van der Waals surface area contributed by atoms with Gasteiger partial charge in [0.1, 0.15) is 5.56 Å². The summed E-state index contributed by atoms with van der Waals surface area (Å²) in [4.78, 5) is 24.8. The average Bonchev–Trinajstić information content (AvgIpc) is 3.01. The summed E-state index contributed by atoms with van der Waals surface area (Å²) >= 11 is 13.1. The van der Waals surface area contributed by atoms with Crippen LogP contribution in [0.5, 0.6) is 0 Å². The Bertz CT molecular complexity index is 997. The Morgan fingerprint density at radius 3 is 2.35 bits per heavy atom. The van der Waals surface area contributed by atoms with Crippen LogP contribution in [0.15, 0.2) is 47.8 Å². The molecule has 0 unspecified atom stereocenters. The molecule has 0 aliphatic carbocycles. The predicted octanol–water partition coefficient (Wildman–Crippen LogP) is 5.98. The van der Waals surface area contributed by atoms with Gasteiger partial charge in [0, 0.05) is 10.9 Å². The van der Waals surface area contributed by atoms with Crippen LogP contribution in [-0.2, 0) is 0 Å². The van der Waals surface area contributed by atoms with Crippen molar-refractivity contribution in [2.45, 2.75) is 6.92 Å². The van der Waals surface area contributed by atoms with Gasteiger partial charge in [-0.15, -0.1) is 11.3 Å². The maximum Gasteiger partial charge on any atom is 0.339 e. The fraction of sp³-hybridized carbons (Fsp3) is 0.0526. The molecule has 0 atom stereocenters. The van der Waals surface area contributed by atoms with E-state index in [9.17, 15) is 14.7 Å². The van der Waals surface area contributed by atoms with Gasteiger partial charge in [-0.2, -0.15) is 0 Å². The number of benzene rings is 2. The second-order valence-corrected chi connectivity index (χ2v) is 7.30. The zero-order valence-corrected chi connectivity index (χ0v) is 15.9. The largest absolute Gasteiger partial charge is 0.478 e. The maximum atomic E-state index is 12.4. The minimum atomic E-state index is -1.11. The Kier molecular flexibility index (Phi) is 5.32. The molecule has 1 heterocycles. The zero-order chi connectivity index (χ0) is 18.8. The number of anilines is 1. The number of amides is 1. The van der Waals surface area contributed by atoms with Gasteiger partial charge in [0.25, 0.3) is 5.91 Å². The normalized spacial score (nSPS) is 10.6. The summed E-state index contributed by atoms with van der Waals surface area (Å²) in [5.74, 6) is -1.56. The van der Waals surface area contributed by atoms with Gasteiger partial charge < -0.3 is 10.4 Å². The van der Waals surface area contributed by atoms with Crippen LogP contribution in [0.3, 0.4) is 0 Å². The molecular formula is C19H13Cl2NO3S. The van der Waals surface area contributed by atoms with Crippen molar-refractivity contribution in [3.05, 3.63) is 74.6 Å². The molecule has 1 amide bonds. The van der Waals surface area contributed by atoms with E-state index in [2.05, 4.69) is 5.32 Å². The van der Waals surface area contributed by atoms with E-state index in [0.29, 0.717) is 15.5 Å². The molecule has 0 aliphatic heterocycles. The molecule has 26 heavy (non-hydrogen) atoms. The highest BCUT2D eigenvalue weighted by Crippen LogP contribution is 2.36. The molecule has 0 saturated heterocycles. The number of carboxylic acid groups (broad SMARTS) is 1. The highest BCUT2D eigenvalue weighted by atomic mass is 35.5. The average molecular weight is 406 g/mol. The molecule has 3 aromatic rings. The third-order valence-corrected chi connectivity index (χ3v) is 5.52. The number of rotatable bonds is 4. The van der Waals surface area contributed by atoms with Crippen molar-refractivity contribution in [1.29, 1.82) is 0 Å². The number of carbonyl (C=O) groups excluding carboxylic acids is 1. The molecule has 4 nitrogen and oxygen atoms in total. The van der Waals surface area contributed by atoms with E-state index in [-0.39, 0.29) is 16.3 Å². The van der Waals surface area contributed by atoms with Crippen molar-refractivity contribution in [2.75, 3.05) is 5.32 Å². The predicted molar refractivity (Wildman–Crippen MR) is 106 cm³/mol. The van der Waals surface area contributed by atoms with Gasteiger partial charge in [-0.3, -0.25) is 4.79 Å². The summed E-state index contributed by atoms with van der Waals surface area (Å²) in [5, 5.41) is 14.5. The zero-order valence-electron chi connectivity index (χ0n) is 13.5. The quantitative estimate of drug-likeness (QED) is 0.560. The van der Waals surface area contributed by atoms with Gasteiger partial charge in [0.15, 0.2) is 0 Å². The summed E-state index contributed by atoms with van der Waals surface area (Å²) in [6.45, 7) is 1.96. The number of halogens is 2. The molecule has 0 radical (unpaired) electrons. The second kappa shape index (κ2) is 7.50. The first-order chi connectivity index (χ1) is 12.4. The summed E-state index contributed by atoms with van der Waals surface area (Å²) < 4.78 is 0. The topological polar surface area (TPSA) is 66.4 Å². The Morgan fingerprint density at radius 2 is 1.73 bits per heavy atom. The van der Waals surface area contributed by atoms with E-state index in [1.165, 1.54) is 29.5 Å². The Labute approximate surface area is 164 Å². The van der Waals surface area contributed by atoms with Crippen molar-refractivity contribution in [3.8, 4) is 10.4 Å². The second-order valence-electron chi connectivity index (χ2n) is 5.61. The lowest BCUT2D eigenvalue weighted by Crippen LogP contribution is -2.14. The molecule has 0 saturated carbocycles. The number of carbonyl (C=O) groups is 2. The van der Waals surface area contributed by atoms with Crippen LogP contribution in [0.4, 0.5) is 5.69 Å². The monoisotopic (exact) mass is 405 g/mol. The van der Waals surface area contributed by atoms with E-state index in [0.717, 1.165) is 11.1 Å². The number of aryl methyl sites for hydroxylation is 1. The minimum absolute atomic E-state index is 0.0623. The maximum absolute atomic E-state index is 12.4. The lowest BCUT2D eigenvalue weighted by Gasteiger charge is -2.07. The van der Waals surface area contributed by atoms with Crippen LogP contribution in [0, 0.1) is 6.92 Å². The molecule has 2 N–H and O–H groups in total. The Hall–Kier alpha value is -2.34. The van der Waals surface area contributed by atoms with Crippen LogP contribution in [0.2, 0.25) is 10.0 Å². The van der Waals surface area contributed by atoms with Gasteiger partial charge in [0.05, 0.1) is 20.6 Å². The van der Waals surface area contributed by atoms with E-state index < -0.39 is 11.9 Å². The SMILES string of the molecule is Cc1ccc(-c2scc(NC(=O)c3ccc(Cl)c(Cl)c3)c2C(=O)O)cc1. The van der Waals surface area contributed by atoms with Crippen molar-refractivity contribution < 1.29 is 14.7 Å². The molecule has 0 spiro atoms. The molecule has 1 aromatic heterocycles. The summed E-state index contributed by atoms with van der Waals surface area (Å²) in [6, 6.07) is 12.0. The lowest BCUT2D eigenvalue weighted by atomic mass is 10.1. The highest BCUT2D eigenvalue weighted by molar-refractivity contribution is 7.14. The molecule has 0 bridgehead atoms. The molecule has 132 valence electrons. The lowest BCUT2D eigenvalue weighted by molar-refractivity contribution is 0.0699. The van der Waals surface area contributed by atoms with E-state index in [4.69, 9.17) is 23.2 Å². The van der Waals surface area contributed by atoms with Crippen LogP contribution in [-0.4, -0.2) is 17.0 Å². The van der Waals surface area contributed by atoms with Crippen LogP contribution >= 0.6 is 34.5 Å². The first-order valence-electron chi connectivity index (χ1n) is 7.55. The minimum Gasteiger partial charge on any atom is -0.478 e. The number of hydrogen-bond acceptors (Lipinski definition) is 3. The number of nitrogens with one attached hydrogen (secondary N) is 1. The van der Waals surface area contributed by atoms with Gasteiger partial charge in [0.2, 0.25) is 0 Å². The summed E-state index contributed by atoms with van der Waals surface area (Å²) in [7, 11) is 0. The van der Waals surface area contributed by atoms with Gasteiger partial charge in [-0.25, -0.2) is 4.79 Å². The summed E-state index contributed by atoms with van der Waals surface area (Å²) in [6.07, 6.45) is 0. The molecular weight excluding hydrogens is 393 g/mol. The molecule has 3 rings (SSSR count). The van der Waals surface area contributed by atoms with Crippen LogP contribution < -0.4 is 5.32 Å². The van der Waals surface area contributed by atoms with E-state index in [1.54, 1.807) is 5.38 Å². The third kappa shape index (κ3) is 3.75. The Balaban J connectivity index is 1.95. The van der Waals surface area contributed by atoms with Crippen molar-refractivity contribution >= 4 is 52.1 Å².